The molecule has 0 N–H and O–H groups in total. The van der Waals surface area contributed by atoms with Crippen molar-refractivity contribution in [2.24, 2.45) is 0 Å². The van der Waals surface area contributed by atoms with E-state index in [4.69, 9.17) is 4.52 Å². The van der Waals surface area contributed by atoms with Gasteiger partial charge in [-0.15, -0.1) is 0 Å². The number of carbonyl (C=O) groups excluding carboxylic acids is 1. The van der Waals surface area contributed by atoms with E-state index in [-0.39, 0.29) is 5.91 Å². The molecule has 134 valence electrons. The molecular weight excluding hydrogens is 326 g/mol. The molecule has 1 aromatic heterocycles. The van der Waals surface area contributed by atoms with Crippen molar-refractivity contribution >= 4 is 5.91 Å². The third-order valence-corrected chi connectivity index (χ3v) is 4.30. The number of nitrogens with zero attached hydrogens (tertiary/aromatic N) is 3. The summed E-state index contributed by atoms with van der Waals surface area (Å²) in [5, 5.41) is 4.00. The molecule has 0 saturated carbocycles. The minimum Gasteiger partial charge on any atom is -0.341 e. The Morgan fingerprint density at radius 1 is 1.00 bits per heavy atom. The van der Waals surface area contributed by atoms with Crippen molar-refractivity contribution in [1.82, 2.24) is 15.0 Å². The Hall–Kier alpha value is -2.95. The first-order valence-electron chi connectivity index (χ1n) is 8.70. The average Bonchev–Trinajstić information content (AvgIpc) is 3.11. The van der Waals surface area contributed by atoms with E-state index in [0.717, 1.165) is 11.1 Å². The highest BCUT2D eigenvalue weighted by atomic mass is 16.5. The van der Waals surface area contributed by atoms with Gasteiger partial charge < -0.3 is 9.42 Å². The Morgan fingerprint density at radius 2 is 1.62 bits per heavy atom. The molecule has 0 aliphatic carbocycles. The third kappa shape index (κ3) is 4.57. The maximum absolute atomic E-state index is 12.3. The van der Waals surface area contributed by atoms with Crippen molar-refractivity contribution in [2.75, 3.05) is 7.05 Å². The fraction of sp³-hybridized carbons (Fsp3) is 0.286. The molecule has 26 heavy (non-hydrogen) atoms. The van der Waals surface area contributed by atoms with Crippen LogP contribution in [-0.2, 0) is 17.8 Å². The Bertz CT molecular complexity index is 867. The zero-order valence-electron chi connectivity index (χ0n) is 15.4. The van der Waals surface area contributed by atoms with Gasteiger partial charge in [-0.1, -0.05) is 64.8 Å². The Labute approximate surface area is 153 Å². The van der Waals surface area contributed by atoms with Crippen molar-refractivity contribution in [3.05, 3.63) is 71.1 Å². The van der Waals surface area contributed by atoms with Crippen molar-refractivity contribution in [3.63, 3.8) is 0 Å². The van der Waals surface area contributed by atoms with Crippen LogP contribution < -0.4 is 0 Å². The first-order chi connectivity index (χ1) is 12.5. The van der Waals surface area contributed by atoms with Gasteiger partial charge in [-0.2, -0.15) is 4.98 Å². The van der Waals surface area contributed by atoms with Gasteiger partial charge in [-0.25, -0.2) is 0 Å². The first kappa shape index (κ1) is 17.9. The second kappa shape index (κ2) is 7.95. The highest BCUT2D eigenvalue weighted by Crippen LogP contribution is 2.17. The second-order valence-corrected chi connectivity index (χ2v) is 6.61. The van der Waals surface area contributed by atoms with Crippen molar-refractivity contribution in [1.29, 1.82) is 0 Å². The van der Waals surface area contributed by atoms with Gasteiger partial charge in [0, 0.05) is 32.0 Å². The quantitative estimate of drug-likeness (QED) is 0.676. The number of rotatable bonds is 6. The number of hydrogen-bond donors (Lipinski definition) is 0. The van der Waals surface area contributed by atoms with Crippen LogP contribution in [0, 0.1) is 13.8 Å². The van der Waals surface area contributed by atoms with E-state index in [2.05, 4.69) is 22.3 Å². The molecule has 1 heterocycles. The van der Waals surface area contributed by atoms with Gasteiger partial charge in [0.05, 0.1) is 0 Å². The molecule has 0 atom stereocenters. The summed E-state index contributed by atoms with van der Waals surface area (Å²) >= 11 is 0. The largest absolute Gasteiger partial charge is 0.341 e. The van der Waals surface area contributed by atoms with E-state index in [0.29, 0.717) is 31.1 Å². The Balaban J connectivity index is 1.54. The van der Waals surface area contributed by atoms with Gasteiger partial charge in [-0.05, 0) is 19.4 Å². The zero-order valence-corrected chi connectivity index (χ0v) is 15.4. The highest BCUT2D eigenvalue weighted by Gasteiger charge is 2.13. The zero-order chi connectivity index (χ0) is 18.5. The van der Waals surface area contributed by atoms with Crippen LogP contribution in [0.15, 0.2) is 53.1 Å². The molecule has 0 aliphatic rings. The molecule has 0 saturated heterocycles. The van der Waals surface area contributed by atoms with Crippen molar-refractivity contribution < 1.29 is 9.32 Å². The van der Waals surface area contributed by atoms with Gasteiger partial charge in [0.2, 0.25) is 17.6 Å². The summed E-state index contributed by atoms with van der Waals surface area (Å²) < 4.78 is 5.28. The van der Waals surface area contributed by atoms with Crippen LogP contribution >= 0.6 is 0 Å². The molecule has 0 radical (unpaired) electrons. The SMILES string of the molecule is Cc1ccc(CN(C)C(=O)CCc2nc(-c3ccc(C)cc3)no2)cc1. The van der Waals surface area contributed by atoms with E-state index >= 15 is 0 Å². The lowest BCUT2D eigenvalue weighted by atomic mass is 10.1. The third-order valence-electron chi connectivity index (χ3n) is 4.30. The summed E-state index contributed by atoms with van der Waals surface area (Å²) in [6.45, 7) is 4.68. The van der Waals surface area contributed by atoms with Gasteiger partial charge in [0.15, 0.2) is 0 Å². The fourth-order valence-corrected chi connectivity index (χ4v) is 2.64. The van der Waals surface area contributed by atoms with E-state index in [9.17, 15) is 4.79 Å². The molecule has 2 aromatic carbocycles. The average molecular weight is 349 g/mol. The maximum atomic E-state index is 12.3. The highest BCUT2D eigenvalue weighted by molar-refractivity contribution is 5.76. The van der Waals surface area contributed by atoms with Crippen molar-refractivity contribution in [2.45, 2.75) is 33.2 Å². The lowest BCUT2D eigenvalue weighted by Crippen LogP contribution is -2.26. The summed E-state index contributed by atoms with van der Waals surface area (Å²) in [7, 11) is 1.81. The van der Waals surface area contributed by atoms with Gasteiger partial charge in [0.1, 0.15) is 0 Å². The number of hydrogen-bond acceptors (Lipinski definition) is 4. The minimum absolute atomic E-state index is 0.0562. The molecule has 1 amide bonds. The number of carbonyl (C=O) groups is 1. The summed E-state index contributed by atoms with van der Waals surface area (Å²) in [6.07, 6.45) is 0.786. The number of amides is 1. The first-order valence-corrected chi connectivity index (χ1v) is 8.70. The molecule has 0 unspecified atom stereocenters. The van der Waals surface area contributed by atoms with Gasteiger partial charge in [0.25, 0.3) is 0 Å². The summed E-state index contributed by atoms with van der Waals surface area (Å²) in [6, 6.07) is 16.1. The molecule has 5 heteroatoms. The van der Waals surface area contributed by atoms with Crippen LogP contribution in [0.4, 0.5) is 0 Å². The predicted molar refractivity (Wildman–Crippen MR) is 100 cm³/mol. The number of benzene rings is 2. The second-order valence-electron chi connectivity index (χ2n) is 6.61. The smallest absolute Gasteiger partial charge is 0.227 e. The Kier molecular flexibility index (Phi) is 5.46. The monoisotopic (exact) mass is 349 g/mol. The summed E-state index contributed by atoms with van der Waals surface area (Å²) in [5.41, 5.74) is 4.42. The van der Waals surface area contributed by atoms with E-state index in [1.807, 2.05) is 57.3 Å². The topological polar surface area (TPSA) is 59.2 Å². The molecule has 5 nitrogen and oxygen atoms in total. The lowest BCUT2D eigenvalue weighted by molar-refractivity contribution is -0.130. The lowest BCUT2D eigenvalue weighted by Gasteiger charge is -2.17. The standard InChI is InChI=1S/C21H23N3O2/c1-15-4-8-17(9-5-15)14-24(3)20(25)13-12-19-22-21(23-26-19)18-10-6-16(2)7-11-18/h4-11H,12-14H2,1-3H3. The molecular formula is C21H23N3O2. The fourth-order valence-electron chi connectivity index (χ4n) is 2.64. The van der Waals surface area contributed by atoms with E-state index < -0.39 is 0 Å². The molecule has 0 aliphatic heterocycles. The van der Waals surface area contributed by atoms with Gasteiger partial charge >= 0.3 is 0 Å². The van der Waals surface area contributed by atoms with Crippen LogP contribution in [0.25, 0.3) is 11.4 Å². The molecule has 0 bridgehead atoms. The van der Waals surface area contributed by atoms with Crippen LogP contribution in [0.2, 0.25) is 0 Å². The molecule has 0 fully saturated rings. The van der Waals surface area contributed by atoms with Crippen LogP contribution in [0.1, 0.15) is 29.0 Å². The van der Waals surface area contributed by atoms with Crippen LogP contribution in [0.3, 0.4) is 0 Å². The predicted octanol–water partition coefficient (Wildman–Crippen LogP) is 3.94. The molecule has 3 rings (SSSR count). The molecule has 0 spiro atoms. The number of aryl methyl sites for hydroxylation is 3. The minimum atomic E-state index is 0.0562. The maximum Gasteiger partial charge on any atom is 0.227 e. The van der Waals surface area contributed by atoms with E-state index in [1.54, 1.807) is 4.90 Å². The number of aromatic nitrogens is 2. The van der Waals surface area contributed by atoms with E-state index in [1.165, 1.54) is 11.1 Å². The van der Waals surface area contributed by atoms with Gasteiger partial charge in [-0.3, -0.25) is 4.79 Å². The molecule has 3 aromatic rings. The Morgan fingerprint density at radius 3 is 2.27 bits per heavy atom. The van der Waals surface area contributed by atoms with Crippen molar-refractivity contribution in [3.8, 4) is 11.4 Å². The normalized spacial score (nSPS) is 10.7. The summed E-state index contributed by atoms with van der Waals surface area (Å²) in [4.78, 5) is 18.4. The van der Waals surface area contributed by atoms with Crippen LogP contribution in [0.5, 0.6) is 0 Å². The summed E-state index contributed by atoms with van der Waals surface area (Å²) in [5.74, 6) is 1.10. The van der Waals surface area contributed by atoms with Crippen LogP contribution in [-0.4, -0.2) is 28.0 Å².